The molecule has 0 aliphatic carbocycles. The van der Waals surface area contributed by atoms with Crippen LogP contribution in [0.25, 0.3) is 11.3 Å². The van der Waals surface area contributed by atoms with Gasteiger partial charge in [-0.05, 0) is 0 Å². The Morgan fingerprint density at radius 3 is 2.86 bits per heavy atom. The number of nitro groups is 1. The summed E-state index contributed by atoms with van der Waals surface area (Å²) >= 11 is 1.60. The first-order chi connectivity index (χ1) is 10.1. The third-order valence-electron chi connectivity index (χ3n) is 3.73. The molecule has 2 heterocycles. The Balaban J connectivity index is 1.81. The minimum atomic E-state index is -0.375. The predicted octanol–water partition coefficient (Wildman–Crippen LogP) is 1.05. The van der Waals surface area contributed by atoms with Crippen molar-refractivity contribution in [3.63, 3.8) is 0 Å². The molecule has 1 aromatic heterocycles. The Kier molecular flexibility index (Phi) is 3.85. The number of thiazole rings is 1. The second kappa shape index (κ2) is 5.79. The highest BCUT2D eigenvalue weighted by atomic mass is 32.1. The Morgan fingerprint density at radius 2 is 2.14 bits per heavy atom. The summed E-state index contributed by atoms with van der Waals surface area (Å²) in [6, 6.07) is 6.64. The lowest BCUT2D eigenvalue weighted by atomic mass is 10.1. The fourth-order valence-corrected chi connectivity index (χ4v) is 3.29. The molecular weight excluding hydrogens is 288 g/mol. The fourth-order valence-electron chi connectivity index (χ4n) is 2.40. The van der Waals surface area contributed by atoms with Gasteiger partial charge in [-0.3, -0.25) is 10.1 Å². The SMILES string of the molecule is C[NH+]1CCN(c2nc(-c3cccc([N+](=O)[O-])c3)cs2)CC1. The van der Waals surface area contributed by atoms with E-state index in [1.165, 1.54) is 6.07 Å². The highest BCUT2D eigenvalue weighted by molar-refractivity contribution is 7.14. The van der Waals surface area contributed by atoms with Gasteiger partial charge in [0, 0.05) is 23.1 Å². The summed E-state index contributed by atoms with van der Waals surface area (Å²) in [6.45, 7) is 4.25. The van der Waals surface area contributed by atoms with Crippen LogP contribution in [0.3, 0.4) is 0 Å². The average Bonchev–Trinajstić information content (AvgIpc) is 2.98. The zero-order valence-electron chi connectivity index (χ0n) is 11.8. The molecule has 0 amide bonds. The van der Waals surface area contributed by atoms with Gasteiger partial charge in [0.25, 0.3) is 5.69 Å². The third-order valence-corrected chi connectivity index (χ3v) is 4.63. The van der Waals surface area contributed by atoms with E-state index < -0.39 is 0 Å². The lowest BCUT2D eigenvalue weighted by molar-refractivity contribution is -0.880. The Morgan fingerprint density at radius 1 is 1.38 bits per heavy atom. The zero-order chi connectivity index (χ0) is 14.8. The number of nitro benzene ring substituents is 1. The fraction of sp³-hybridized carbons (Fsp3) is 0.357. The molecule has 0 saturated carbocycles. The molecule has 0 bridgehead atoms. The van der Waals surface area contributed by atoms with Crippen LogP contribution in [0.5, 0.6) is 0 Å². The number of nitrogens with zero attached hydrogens (tertiary/aromatic N) is 3. The molecule has 1 N–H and O–H groups in total. The summed E-state index contributed by atoms with van der Waals surface area (Å²) in [6.07, 6.45) is 0. The molecule has 1 aliphatic heterocycles. The van der Waals surface area contributed by atoms with Gasteiger partial charge in [0.15, 0.2) is 5.13 Å². The van der Waals surface area contributed by atoms with Gasteiger partial charge in [0.2, 0.25) is 0 Å². The highest BCUT2D eigenvalue weighted by Gasteiger charge is 2.20. The summed E-state index contributed by atoms with van der Waals surface area (Å²) in [7, 11) is 2.20. The first-order valence-electron chi connectivity index (χ1n) is 6.90. The first-order valence-corrected chi connectivity index (χ1v) is 7.78. The van der Waals surface area contributed by atoms with E-state index in [2.05, 4.69) is 16.9 Å². The zero-order valence-corrected chi connectivity index (χ0v) is 12.6. The molecule has 0 atom stereocenters. The second-order valence-electron chi connectivity index (χ2n) is 5.27. The van der Waals surface area contributed by atoms with Crippen molar-refractivity contribution in [2.24, 2.45) is 0 Å². The van der Waals surface area contributed by atoms with Crippen molar-refractivity contribution in [1.82, 2.24) is 4.98 Å². The molecule has 110 valence electrons. The van der Waals surface area contributed by atoms with Gasteiger partial charge in [-0.2, -0.15) is 0 Å². The quantitative estimate of drug-likeness (QED) is 0.680. The Hall–Kier alpha value is -1.99. The molecule has 1 aliphatic rings. The van der Waals surface area contributed by atoms with E-state index in [4.69, 9.17) is 0 Å². The van der Waals surface area contributed by atoms with E-state index in [1.54, 1.807) is 28.4 Å². The number of likely N-dealkylation sites (N-methyl/N-ethyl adjacent to an activating group) is 1. The molecule has 1 saturated heterocycles. The van der Waals surface area contributed by atoms with Crippen LogP contribution >= 0.6 is 11.3 Å². The number of piperazine rings is 1. The van der Waals surface area contributed by atoms with E-state index in [9.17, 15) is 10.1 Å². The summed E-state index contributed by atoms with van der Waals surface area (Å²) in [4.78, 5) is 18.9. The van der Waals surface area contributed by atoms with Gasteiger partial charge in [0.1, 0.15) is 0 Å². The molecule has 6 nitrogen and oxygen atoms in total. The van der Waals surface area contributed by atoms with Crippen molar-refractivity contribution in [3.05, 3.63) is 39.8 Å². The normalized spacial score (nSPS) is 16.1. The summed E-state index contributed by atoms with van der Waals surface area (Å²) in [5, 5.41) is 13.8. The van der Waals surface area contributed by atoms with Gasteiger partial charge in [-0.15, -0.1) is 11.3 Å². The topological polar surface area (TPSA) is 63.7 Å². The molecule has 0 spiro atoms. The van der Waals surface area contributed by atoms with Crippen LogP contribution in [0.4, 0.5) is 10.8 Å². The van der Waals surface area contributed by atoms with E-state index >= 15 is 0 Å². The molecule has 0 radical (unpaired) electrons. The number of aromatic nitrogens is 1. The van der Waals surface area contributed by atoms with Crippen molar-refractivity contribution in [1.29, 1.82) is 0 Å². The van der Waals surface area contributed by atoms with Crippen molar-refractivity contribution in [2.75, 3.05) is 38.1 Å². The number of hydrogen-bond donors (Lipinski definition) is 1. The summed E-state index contributed by atoms with van der Waals surface area (Å²) in [5.74, 6) is 0. The number of anilines is 1. The van der Waals surface area contributed by atoms with Crippen LogP contribution in [-0.2, 0) is 0 Å². The number of hydrogen-bond acceptors (Lipinski definition) is 5. The van der Waals surface area contributed by atoms with Gasteiger partial charge in [-0.25, -0.2) is 4.98 Å². The van der Waals surface area contributed by atoms with Crippen LogP contribution in [0.15, 0.2) is 29.6 Å². The van der Waals surface area contributed by atoms with Crippen molar-refractivity contribution >= 4 is 22.2 Å². The van der Waals surface area contributed by atoms with Crippen LogP contribution in [0.2, 0.25) is 0 Å². The summed E-state index contributed by atoms with van der Waals surface area (Å²) < 4.78 is 0. The lowest BCUT2D eigenvalue weighted by Crippen LogP contribution is -3.12. The molecule has 21 heavy (non-hydrogen) atoms. The van der Waals surface area contributed by atoms with Gasteiger partial charge < -0.3 is 9.80 Å². The minimum absolute atomic E-state index is 0.102. The number of quaternary nitrogens is 1. The number of rotatable bonds is 3. The van der Waals surface area contributed by atoms with Gasteiger partial charge in [-0.1, -0.05) is 12.1 Å². The van der Waals surface area contributed by atoms with E-state index in [-0.39, 0.29) is 10.6 Å². The number of nitrogens with one attached hydrogen (secondary N) is 1. The smallest absolute Gasteiger partial charge is 0.270 e. The molecule has 1 fully saturated rings. The molecule has 1 aromatic carbocycles. The highest BCUT2D eigenvalue weighted by Crippen LogP contribution is 2.29. The van der Waals surface area contributed by atoms with E-state index in [1.807, 2.05) is 11.4 Å². The Bertz CT molecular complexity index is 650. The Labute approximate surface area is 126 Å². The van der Waals surface area contributed by atoms with Gasteiger partial charge in [0.05, 0.1) is 43.8 Å². The van der Waals surface area contributed by atoms with Crippen LogP contribution in [0, 0.1) is 10.1 Å². The number of benzene rings is 1. The molecule has 7 heteroatoms. The molecule has 2 aromatic rings. The number of non-ortho nitro benzene ring substituents is 1. The summed E-state index contributed by atoms with van der Waals surface area (Å²) in [5.41, 5.74) is 1.71. The molecule has 3 rings (SSSR count). The van der Waals surface area contributed by atoms with E-state index in [0.717, 1.165) is 42.6 Å². The van der Waals surface area contributed by atoms with Gasteiger partial charge >= 0.3 is 0 Å². The first kappa shape index (κ1) is 14.0. The van der Waals surface area contributed by atoms with Crippen LogP contribution in [0.1, 0.15) is 0 Å². The van der Waals surface area contributed by atoms with Crippen LogP contribution in [-0.4, -0.2) is 43.1 Å². The van der Waals surface area contributed by atoms with Crippen LogP contribution < -0.4 is 9.80 Å². The minimum Gasteiger partial charge on any atom is -0.337 e. The standard InChI is InChI=1S/C14H16N4O2S/c1-16-5-7-17(8-6-16)14-15-13(10-21-14)11-3-2-4-12(9-11)18(19)20/h2-4,9-10H,5-8H2,1H3/p+1. The average molecular weight is 305 g/mol. The lowest BCUT2D eigenvalue weighted by Gasteiger charge is -2.29. The monoisotopic (exact) mass is 305 g/mol. The predicted molar refractivity (Wildman–Crippen MR) is 83.0 cm³/mol. The van der Waals surface area contributed by atoms with E-state index in [0.29, 0.717) is 0 Å². The maximum absolute atomic E-state index is 10.8. The maximum Gasteiger partial charge on any atom is 0.270 e. The van der Waals surface area contributed by atoms with Crippen molar-refractivity contribution < 1.29 is 9.82 Å². The third kappa shape index (κ3) is 3.03. The van der Waals surface area contributed by atoms with Crippen molar-refractivity contribution in [2.45, 2.75) is 0 Å². The second-order valence-corrected chi connectivity index (χ2v) is 6.10. The molecule has 0 unspecified atom stereocenters. The maximum atomic E-state index is 10.8. The molecular formula is C14H17N4O2S+. The van der Waals surface area contributed by atoms with Crippen molar-refractivity contribution in [3.8, 4) is 11.3 Å². The largest absolute Gasteiger partial charge is 0.337 e.